The topological polar surface area (TPSA) is 101 Å². The first-order valence-corrected chi connectivity index (χ1v) is 11.9. The molecule has 4 aromatic rings. The van der Waals surface area contributed by atoms with Crippen molar-refractivity contribution < 1.29 is 26.9 Å². The number of nitrogens with zero attached hydrogens (tertiary/aromatic N) is 4. The summed E-state index contributed by atoms with van der Waals surface area (Å²) in [5.74, 6) is -0.365. The quantitative estimate of drug-likeness (QED) is 0.309. The lowest BCUT2D eigenvalue weighted by Crippen LogP contribution is -2.18. The summed E-state index contributed by atoms with van der Waals surface area (Å²) in [6, 6.07) is 22.9. The monoisotopic (exact) mass is 508 g/mol. The van der Waals surface area contributed by atoms with Gasteiger partial charge in [0.2, 0.25) is 0 Å². The van der Waals surface area contributed by atoms with Gasteiger partial charge in [0.15, 0.2) is 0 Å². The van der Waals surface area contributed by atoms with Crippen molar-refractivity contribution in [3.8, 4) is 0 Å². The van der Waals surface area contributed by atoms with Gasteiger partial charge in [-0.25, -0.2) is 4.79 Å². The van der Waals surface area contributed by atoms with Crippen LogP contribution in [-0.2, 0) is 33.1 Å². The van der Waals surface area contributed by atoms with E-state index in [1.54, 1.807) is 35.7 Å². The van der Waals surface area contributed by atoms with Crippen LogP contribution in [0.2, 0.25) is 0 Å². The molecule has 0 aliphatic rings. The highest BCUT2D eigenvalue weighted by atomic mass is 16.6. The Kier molecular flexibility index (Phi) is 9.88. The molecule has 0 saturated carbocycles. The molecule has 9 heteroatoms. The fourth-order valence-corrected chi connectivity index (χ4v) is 3.72. The Morgan fingerprint density at radius 3 is 1.76 bits per heavy atom. The molecule has 0 saturated heterocycles. The van der Waals surface area contributed by atoms with Crippen molar-refractivity contribution >= 4 is 5.97 Å². The largest absolute Gasteiger partial charge is 0.464 e. The van der Waals surface area contributed by atoms with Crippen LogP contribution in [0, 0.1) is 0 Å². The minimum atomic E-state index is -2.36. The van der Waals surface area contributed by atoms with Crippen molar-refractivity contribution in [2.75, 3.05) is 26.4 Å². The summed E-state index contributed by atoms with van der Waals surface area (Å²) in [7, 11) is 3.64. The molecule has 0 radical (unpaired) electrons. The second-order valence-corrected chi connectivity index (χ2v) is 7.93. The zero-order chi connectivity index (χ0) is 28.3. The van der Waals surface area contributed by atoms with Crippen molar-refractivity contribution in [3.05, 3.63) is 108 Å². The number of aromatic nitrogens is 4. The normalized spacial score (nSPS) is 13.5. The summed E-state index contributed by atoms with van der Waals surface area (Å²) in [4.78, 5) is 11.5. The molecule has 2 aromatic heterocycles. The van der Waals surface area contributed by atoms with Crippen LogP contribution in [-0.4, -0.2) is 57.0 Å². The number of hydrogen-bond acceptors (Lipinski definition) is 7. The minimum Gasteiger partial charge on any atom is -0.464 e. The Morgan fingerprint density at radius 1 is 0.865 bits per heavy atom. The molecule has 0 amide bonds. The number of aryl methyl sites for hydroxylation is 2. The number of benzene rings is 2. The SMILES string of the molecule is CCOC(=O)COC(c1ccccc1)c1ccnn1C.[2H]C([2H])(O)COC(c1ccccc1)c1ccnn1C. The number of aliphatic hydroxyl groups is 1. The first kappa shape index (κ1) is 24.9. The van der Waals surface area contributed by atoms with Crippen molar-refractivity contribution in [2.45, 2.75) is 19.1 Å². The van der Waals surface area contributed by atoms with E-state index in [2.05, 4.69) is 10.2 Å². The summed E-state index contributed by atoms with van der Waals surface area (Å²) in [6.07, 6.45) is 2.56. The molecule has 196 valence electrons. The second-order valence-electron chi connectivity index (χ2n) is 7.93. The predicted molar refractivity (Wildman–Crippen MR) is 139 cm³/mol. The molecule has 2 atom stereocenters. The Morgan fingerprint density at radius 2 is 1.35 bits per heavy atom. The summed E-state index contributed by atoms with van der Waals surface area (Å²) in [6.45, 7) is -0.723. The Labute approximate surface area is 220 Å². The van der Waals surface area contributed by atoms with E-state index in [0.29, 0.717) is 6.61 Å². The smallest absolute Gasteiger partial charge is 0.332 e. The molecule has 0 spiro atoms. The van der Waals surface area contributed by atoms with Gasteiger partial charge in [0, 0.05) is 26.5 Å². The van der Waals surface area contributed by atoms with Crippen LogP contribution in [0.5, 0.6) is 0 Å². The third kappa shape index (κ3) is 8.11. The Balaban J connectivity index is 0.000000216. The maximum Gasteiger partial charge on any atom is 0.332 e. The average molecular weight is 509 g/mol. The molecule has 37 heavy (non-hydrogen) atoms. The van der Waals surface area contributed by atoms with Gasteiger partial charge in [-0.2, -0.15) is 10.2 Å². The fourth-order valence-electron chi connectivity index (χ4n) is 3.72. The van der Waals surface area contributed by atoms with Gasteiger partial charge in [-0.05, 0) is 30.2 Å². The third-order valence-electron chi connectivity index (χ3n) is 5.45. The highest BCUT2D eigenvalue weighted by molar-refractivity contribution is 5.70. The van der Waals surface area contributed by atoms with E-state index in [4.69, 9.17) is 22.1 Å². The number of rotatable bonds is 11. The molecule has 9 nitrogen and oxygen atoms in total. The molecule has 1 N–H and O–H groups in total. The average Bonchev–Trinajstić information content (AvgIpc) is 3.54. The zero-order valence-electron chi connectivity index (χ0n) is 23.2. The Hall–Kier alpha value is -3.79. The van der Waals surface area contributed by atoms with Crippen LogP contribution >= 0.6 is 0 Å². The van der Waals surface area contributed by atoms with Gasteiger partial charge in [-0.3, -0.25) is 9.36 Å². The van der Waals surface area contributed by atoms with Gasteiger partial charge in [0.05, 0.1) is 33.9 Å². The van der Waals surface area contributed by atoms with Gasteiger partial charge in [-0.1, -0.05) is 60.7 Å². The van der Waals surface area contributed by atoms with E-state index in [1.807, 2.05) is 79.8 Å². The maximum atomic E-state index is 11.5. The molecule has 2 unspecified atom stereocenters. The maximum absolute atomic E-state index is 11.5. The molecule has 0 aliphatic heterocycles. The van der Waals surface area contributed by atoms with Crippen LogP contribution in [0.15, 0.2) is 85.2 Å². The number of ether oxygens (including phenoxy) is 3. The van der Waals surface area contributed by atoms with Gasteiger partial charge < -0.3 is 19.3 Å². The first-order chi connectivity index (χ1) is 18.7. The van der Waals surface area contributed by atoms with Crippen molar-refractivity contribution in [2.24, 2.45) is 14.1 Å². The van der Waals surface area contributed by atoms with E-state index < -0.39 is 19.3 Å². The highest BCUT2D eigenvalue weighted by Gasteiger charge is 2.20. The van der Waals surface area contributed by atoms with Crippen LogP contribution < -0.4 is 0 Å². The number of carbonyl (C=O) groups excluding carboxylic acids is 1. The fraction of sp³-hybridized carbons (Fsp3) is 0.321. The van der Waals surface area contributed by atoms with E-state index in [1.165, 1.54) is 0 Å². The van der Waals surface area contributed by atoms with Gasteiger partial charge >= 0.3 is 5.97 Å². The van der Waals surface area contributed by atoms with E-state index in [-0.39, 0.29) is 18.7 Å². The lowest BCUT2D eigenvalue weighted by atomic mass is 10.1. The Bertz CT molecular complexity index is 1280. The summed E-state index contributed by atoms with van der Waals surface area (Å²) in [5, 5.41) is 17.4. The molecule has 0 bridgehead atoms. The van der Waals surface area contributed by atoms with E-state index >= 15 is 0 Å². The van der Waals surface area contributed by atoms with Gasteiger partial charge in [-0.15, -0.1) is 0 Å². The van der Waals surface area contributed by atoms with Crippen LogP contribution in [0.4, 0.5) is 0 Å². The highest BCUT2D eigenvalue weighted by Crippen LogP contribution is 2.26. The van der Waals surface area contributed by atoms with E-state index in [0.717, 1.165) is 22.5 Å². The molecule has 2 heterocycles. The second kappa shape index (κ2) is 14.7. The van der Waals surface area contributed by atoms with E-state index in [9.17, 15) is 4.79 Å². The molecule has 0 aliphatic carbocycles. The van der Waals surface area contributed by atoms with Crippen molar-refractivity contribution in [3.63, 3.8) is 0 Å². The van der Waals surface area contributed by atoms with Gasteiger partial charge in [0.1, 0.15) is 18.8 Å². The third-order valence-corrected chi connectivity index (χ3v) is 5.45. The number of hydrogen-bond donors (Lipinski definition) is 1. The zero-order valence-corrected chi connectivity index (χ0v) is 21.2. The molecule has 2 aromatic carbocycles. The van der Waals surface area contributed by atoms with Crippen molar-refractivity contribution in [1.29, 1.82) is 0 Å². The lowest BCUT2D eigenvalue weighted by Gasteiger charge is -2.18. The van der Waals surface area contributed by atoms with Crippen LogP contribution in [0.1, 0.15) is 44.4 Å². The van der Waals surface area contributed by atoms with Crippen LogP contribution in [0.3, 0.4) is 0 Å². The molecular weight excluding hydrogens is 472 g/mol. The summed E-state index contributed by atoms with van der Waals surface area (Å²) >= 11 is 0. The summed E-state index contributed by atoms with van der Waals surface area (Å²) < 4.78 is 33.8. The molecular formula is C28H34N4O5. The predicted octanol–water partition coefficient (Wildman–Crippen LogP) is 3.61. The lowest BCUT2D eigenvalue weighted by molar-refractivity contribution is -0.150. The minimum absolute atomic E-state index is 0.0847. The molecule has 0 fully saturated rings. The number of esters is 1. The molecule has 4 rings (SSSR count). The standard InChI is InChI=1S/C15H18N2O3.C13H16N2O2/c1-3-19-14(18)11-20-15(12-7-5-4-6-8-12)13-9-10-16-17(13)2;1-15-12(7-8-14-15)13(17-10-9-16)11-5-3-2-4-6-11/h4-10,15H,3,11H2,1-2H3;2-8,13,16H,9-10H2,1H3/i;9D2. The van der Waals surface area contributed by atoms with Crippen LogP contribution in [0.25, 0.3) is 0 Å². The van der Waals surface area contributed by atoms with Gasteiger partial charge in [0.25, 0.3) is 0 Å². The number of carbonyl (C=O) groups is 1. The van der Waals surface area contributed by atoms with Crippen molar-refractivity contribution in [1.82, 2.24) is 19.6 Å². The summed E-state index contributed by atoms with van der Waals surface area (Å²) in [5.41, 5.74) is 3.55. The first-order valence-electron chi connectivity index (χ1n) is 12.9.